The molecule has 2 heterocycles. The first kappa shape index (κ1) is 20.4. The fraction of sp³-hybridized carbons (Fsp3) is 0.0588. The molecule has 0 N–H and O–H groups in total. The molecule has 1 aromatic heterocycles. The maximum Gasteiger partial charge on any atom is 0.128 e. The van der Waals surface area contributed by atoms with Gasteiger partial charge < -0.3 is 4.74 Å². The van der Waals surface area contributed by atoms with Crippen LogP contribution in [0.5, 0.6) is 5.75 Å². The van der Waals surface area contributed by atoms with Gasteiger partial charge in [-0.3, -0.25) is 4.98 Å². The number of rotatable bonds is 2. The molecule has 0 spiro atoms. The Hall–Kier alpha value is -4.76. The average Bonchev–Trinajstić information content (AvgIpc) is 3.35. The molecule has 0 fully saturated rings. The number of nitrogens with zero attached hydrogens (tertiary/aromatic N) is 2. The summed E-state index contributed by atoms with van der Waals surface area (Å²) < 4.78 is 6.12. The van der Waals surface area contributed by atoms with E-state index in [2.05, 4.69) is 115 Å². The van der Waals surface area contributed by atoms with E-state index >= 15 is 0 Å². The van der Waals surface area contributed by atoms with Gasteiger partial charge in [0.25, 0.3) is 0 Å². The van der Waals surface area contributed by atoms with Crippen LogP contribution in [0.2, 0.25) is 0 Å². The van der Waals surface area contributed by atoms with Crippen LogP contribution < -0.4 is 4.74 Å². The molecule has 174 valence electrons. The smallest absolute Gasteiger partial charge is 0.128 e. The molecule has 2 unspecified atom stereocenters. The van der Waals surface area contributed by atoms with Gasteiger partial charge in [0.15, 0.2) is 0 Å². The molecule has 3 heteroatoms. The van der Waals surface area contributed by atoms with Gasteiger partial charge in [-0.05, 0) is 40.1 Å². The maximum absolute atomic E-state index is 6.12. The van der Waals surface area contributed by atoms with Crippen molar-refractivity contribution < 1.29 is 4.74 Å². The minimum absolute atomic E-state index is 0.109. The maximum atomic E-state index is 6.12. The Labute approximate surface area is 214 Å². The van der Waals surface area contributed by atoms with Gasteiger partial charge in [-0.1, -0.05) is 97.1 Å². The minimum atomic E-state index is 0.109. The average molecular weight is 475 g/mol. The monoisotopic (exact) mass is 474 g/mol. The molecule has 0 saturated heterocycles. The number of allylic oxidation sites excluding steroid dienone is 2. The standard InChI is InChI=1S/C34H22N2O/c1-3-10-27-24(7-1)25-8-2-4-11-28(25)34-33(27)35-20-30(36-34)22-15-13-21(14-16-22)23-17-18-32-29(19-23)26-9-5-6-12-31(26)37-32/h1-20,26,31H. The molecule has 1 aliphatic carbocycles. The molecule has 0 saturated carbocycles. The lowest BCUT2D eigenvalue weighted by atomic mass is 9.90. The Kier molecular flexibility index (Phi) is 4.35. The van der Waals surface area contributed by atoms with E-state index in [0.717, 1.165) is 38.8 Å². The molecule has 5 aromatic carbocycles. The van der Waals surface area contributed by atoms with Crippen molar-refractivity contribution in [2.45, 2.75) is 12.0 Å². The number of aromatic nitrogens is 2. The lowest BCUT2D eigenvalue weighted by Gasteiger charge is -2.14. The fourth-order valence-corrected chi connectivity index (χ4v) is 5.82. The summed E-state index contributed by atoms with van der Waals surface area (Å²) in [6.45, 7) is 0. The topological polar surface area (TPSA) is 35.0 Å². The molecule has 2 atom stereocenters. The third-order valence-electron chi connectivity index (χ3n) is 7.66. The molecule has 37 heavy (non-hydrogen) atoms. The number of hydrogen-bond donors (Lipinski definition) is 0. The lowest BCUT2D eigenvalue weighted by molar-refractivity contribution is 0.269. The zero-order valence-electron chi connectivity index (χ0n) is 20.0. The van der Waals surface area contributed by atoms with Crippen molar-refractivity contribution >= 4 is 32.6 Å². The first-order valence-electron chi connectivity index (χ1n) is 12.7. The first-order chi connectivity index (χ1) is 18.3. The number of benzene rings is 5. The fourth-order valence-electron chi connectivity index (χ4n) is 5.82. The van der Waals surface area contributed by atoms with E-state index in [1.54, 1.807) is 0 Å². The van der Waals surface area contributed by atoms with Crippen molar-refractivity contribution in [1.82, 2.24) is 9.97 Å². The van der Waals surface area contributed by atoms with E-state index in [4.69, 9.17) is 14.7 Å². The summed E-state index contributed by atoms with van der Waals surface area (Å²) in [5, 5.41) is 4.69. The second-order valence-electron chi connectivity index (χ2n) is 9.75. The van der Waals surface area contributed by atoms with E-state index < -0.39 is 0 Å². The third-order valence-corrected chi connectivity index (χ3v) is 7.66. The van der Waals surface area contributed by atoms with E-state index in [-0.39, 0.29) is 12.0 Å². The molecular formula is C34H22N2O. The van der Waals surface area contributed by atoms with Crippen LogP contribution in [0, 0.1) is 0 Å². The summed E-state index contributed by atoms with van der Waals surface area (Å²) in [7, 11) is 0. The Morgan fingerprint density at radius 1 is 0.595 bits per heavy atom. The number of fused-ring (bicyclic) bond motifs is 9. The summed E-state index contributed by atoms with van der Waals surface area (Å²) in [5.41, 5.74) is 7.45. The molecule has 1 aliphatic heterocycles. The highest BCUT2D eigenvalue weighted by molar-refractivity contribution is 6.23. The highest BCUT2D eigenvalue weighted by Crippen LogP contribution is 2.43. The van der Waals surface area contributed by atoms with Crippen LogP contribution in [0.1, 0.15) is 11.5 Å². The zero-order chi connectivity index (χ0) is 24.3. The number of ether oxygens (including phenoxy) is 1. The molecule has 0 amide bonds. The third kappa shape index (κ3) is 3.14. The Morgan fingerprint density at radius 3 is 2.03 bits per heavy atom. The van der Waals surface area contributed by atoms with Crippen LogP contribution in [0.4, 0.5) is 0 Å². The Morgan fingerprint density at radius 2 is 1.24 bits per heavy atom. The summed E-state index contributed by atoms with van der Waals surface area (Å²) >= 11 is 0. The van der Waals surface area contributed by atoms with Crippen molar-refractivity contribution in [3.63, 3.8) is 0 Å². The normalized spacial score (nSPS) is 17.7. The van der Waals surface area contributed by atoms with E-state index in [1.807, 2.05) is 6.20 Å². The van der Waals surface area contributed by atoms with Gasteiger partial charge in [-0.2, -0.15) is 0 Å². The van der Waals surface area contributed by atoms with E-state index in [9.17, 15) is 0 Å². The molecule has 0 radical (unpaired) electrons. The Balaban J connectivity index is 1.20. The predicted molar refractivity (Wildman–Crippen MR) is 151 cm³/mol. The van der Waals surface area contributed by atoms with Crippen molar-refractivity contribution in [3.05, 3.63) is 127 Å². The van der Waals surface area contributed by atoms with Crippen molar-refractivity contribution in [3.8, 4) is 28.1 Å². The van der Waals surface area contributed by atoms with Crippen molar-refractivity contribution in [2.75, 3.05) is 0 Å². The van der Waals surface area contributed by atoms with Gasteiger partial charge in [0.05, 0.1) is 22.9 Å². The van der Waals surface area contributed by atoms with Gasteiger partial charge in [-0.15, -0.1) is 0 Å². The minimum Gasteiger partial charge on any atom is -0.485 e. The second kappa shape index (κ2) is 7.87. The van der Waals surface area contributed by atoms with Gasteiger partial charge >= 0.3 is 0 Å². The van der Waals surface area contributed by atoms with E-state index in [0.29, 0.717) is 0 Å². The summed E-state index contributed by atoms with van der Waals surface area (Å²) in [6.07, 6.45) is 10.5. The molecule has 2 aliphatic rings. The van der Waals surface area contributed by atoms with Crippen LogP contribution in [0.15, 0.2) is 121 Å². The highest BCUT2D eigenvalue weighted by atomic mass is 16.5. The van der Waals surface area contributed by atoms with Crippen LogP contribution in [-0.2, 0) is 0 Å². The summed E-state index contributed by atoms with van der Waals surface area (Å²) in [4.78, 5) is 10.0. The van der Waals surface area contributed by atoms with Gasteiger partial charge in [0, 0.05) is 27.8 Å². The first-order valence-corrected chi connectivity index (χ1v) is 12.7. The van der Waals surface area contributed by atoms with E-state index in [1.165, 1.54) is 27.5 Å². The summed E-state index contributed by atoms with van der Waals surface area (Å²) in [5.74, 6) is 1.27. The Bertz CT molecular complexity index is 1880. The highest BCUT2D eigenvalue weighted by Gasteiger charge is 2.32. The number of hydrogen-bond acceptors (Lipinski definition) is 3. The lowest BCUT2D eigenvalue weighted by Crippen LogP contribution is -2.15. The largest absolute Gasteiger partial charge is 0.485 e. The van der Waals surface area contributed by atoms with Crippen LogP contribution in [0.25, 0.3) is 55.0 Å². The predicted octanol–water partition coefficient (Wildman–Crippen LogP) is 8.24. The summed E-state index contributed by atoms with van der Waals surface area (Å²) in [6, 6.07) is 32.1. The SMILES string of the molecule is C1=CC2Oc3ccc(-c4ccc(-c5cnc6c7ccccc7c7ccccc7c6n5)cc4)cc3C2C=C1. The quantitative estimate of drug-likeness (QED) is 0.237. The van der Waals surface area contributed by atoms with Crippen LogP contribution in [0.3, 0.4) is 0 Å². The van der Waals surface area contributed by atoms with Crippen LogP contribution in [-0.4, -0.2) is 16.1 Å². The zero-order valence-corrected chi connectivity index (χ0v) is 20.0. The van der Waals surface area contributed by atoms with Gasteiger partial charge in [-0.25, -0.2) is 4.98 Å². The molecule has 6 aromatic rings. The van der Waals surface area contributed by atoms with Crippen LogP contribution >= 0.6 is 0 Å². The van der Waals surface area contributed by atoms with Crippen molar-refractivity contribution in [1.29, 1.82) is 0 Å². The molecular weight excluding hydrogens is 452 g/mol. The molecule has 3 nitrogen and oxygen atoms in total. The second-order valence-corrected chi connectivity index (χ2v) is 9.75. The van der Waals surface area contributed by atoms with Gasteiger partial charge in [0.1, 0.15) is 11.9 Å². The molecule has 0 bridgehead atoms. The van der Waals surface area contributed by atoms with Crippen molar-refractivity contribution in [2.24, 2.45) is 0 Å². The molecule has 8 rings (SSSR count). The van der Waals surface area contributed by atoms with Gasteiger partial charge in [0.2, 0.25) is 0 Å².